The maximum absolute atomic E-state index is 13.2. The van der Waals surface area contributed by atoms with Crippen molar-refractivity contribution in [3.63, 3.8) is 0 Å². The second kappa shape index (κ2) is 7.85. The van der Waals surface area contributed by atoms with E-state index in [1.54, 1.807) is 20.9 Å². The van der Waals surface area contributed by atoms with Gasteiger partial charge in [0.25, 0.3) is 0 Å². The maximum Gasteiger partial charge on any atom is 0.419 e. The summed E-state index contributed by atoms with van der Waals surface area (Å²) in [6, 6.07) is 5.67. The Morgan fingerprint density at radius 2 is 1.92 bits per heavy atom. The molecule has 0 spiro atoms. The Labute approximate surface area is 150 Å². The van der Waals surface area contributed by atoms with Crippen molar-refractivity contribution in [2.24, 2.45) is 0 Å². The van der Waals surface area contributed by atoms with E-state index in [1.165, 1.54) is 0 Å². The standard InChI is InChI=1S/C19H22F3N3O/c1-11-5-7-15(12(2)18(26)23-4)14(9-11)6-8-17-16(19(20,21)22)10-24-13(3)25-17/h5,7,9-10,12H,6,8H2,1-4H3,(H,23,26). The minimum atomic E-state index is -4.49. The molecule has 0 bridgehead atoms. The number of likely N-dealkylation sites (N-methyl/N-ethyl adjacent to an activating group) is 1. The predicted molar refractivity (Wildman–Crippen MR) is 92.8 cm³/mol. The summed E-state index contributed by atoms with van der Waals surface area (Å²) in [6.45, 7) is 5.26. The van der Waals surface area contributed by atoms with Gasteiger partial charge in [-0.25, -0.2) is 9.97 Å². The first kappa shape index (κ1) is 19.9. The second-order valence-electron chi connectivity index (χ2n) is 6.31. The van der Waals surface area contributed by atoms with Gasteiger partial charge in [-0.1, -0.05) is 23.8 Å². The van der Waals surface area contributed by atoms with Gasteiger partial charge in [0, 0.05) is 13.2 Å². The molecule has 0 aliphatic rings. The third-order valence-corrected chi connectivity index (χ3v) is 4.33. The van der Waals surface area contributed by atoms with Crippen molar-refractivity contribution in [1.82, 2.24) is 15.3 Å². The number of hydrogen-bond acceptors (Lipinski definition) is 3. The molecule has 0 fully saturated rings. The Bertz CT molecular complexity index is 803. The van der Waals surface area contributed by atoms with Gasteiger partial charge in [0.15, 0.2) is 0 Å². The Morgan fingerprint density at radius 3 is 2.54 bits per heavy atom. The SMILES string of the molecule is CNC(=O)C(C)c1ccc(C)cc1CCc1nc(C)ncc1C(F)(F)F. The predicted octanol–water partition coefficient (Wildman–Crippen LogP) is 3.75. The number of nitrogens with one attached hydrogen (secondary N) is 1. The lowest BCUT2D eigenvalue weighted by atomic mass is 9.90. The highest BCUT2D eigenvalue weighted by Gasteiger charge is 2.34. The smallest absolute Gasteiger partial charge is 0.359 e. The average molecular weight is 365 g/mol. The van der Waals surface area contributed by atoms with Crippen molar-refractivity contribution in [1.29, 1.82) is 0 Å². The number of rotatable bonds is 5. The van der Waals surface area contributed by atoms with Crippen LogP contribution in [0.3, 0.4) is 0 Å². The highest BCUT2D eigenvalue weighted by Crippen LogP contribution is 2.32. The van der Waals surface area contributed by atoms with Crippen LogP contribution < -0.4 is 5.32 Å². The van der Waals surface area contributed by atoms with Gasteiger partial charge >= 0.3 is 6.18 Å². The van der Waals surface area contributed by atoms with Gasteiger partial charge in [-0.15, -0.1) is 0 Å². The number of benzene rings is 1. The fourth-order valence-corrected chi connectivity index (χ4v) is 2.93. The first-order valence-corrected chi connectivity index (χ1v) is 8.34. The maximum atomic E-state index is 13.2. The molecule has 1 unspecified atom stereocenters. The van der Waals surface area contributed by atoms with Crippen LogP contribution in [0.4, 0.5) is 13.2 Å². The quantitative estimate of drug-likeness (QED) is 0.878. The van der Waals surface area contributed by atoms with E-state index in [0.29, 0.717) is 12.2 Å². The number of halogens is 3. The monoisotopic (exact) mass is 365 g/mol. The molecule has 2 aromatic rings. The summed E-state index contributed by atoms with van der Waals surface area (Å²) in [7, 11) is 1.56. The third-order valence-electron chi connectivity index (χ3n) is 4.33. The summed E-state index contributed by atoms with van der Waals surface area (Å²) < 4.78 is 39.6. The van der Waals surface area contributed by atoms with Crippen molar-refractivity contribution in [2.75, 3.05) is 7.05 Å². The molecule has 1 amide bonds. The summed E-state index contributed by atoms with van der Waals surface area (Å²) in [6.07, 6.45) is -3.18. The summed E-state index contributed by atoms with van der Waals surface area (Å²) in [4.78, 5) is 19.6. The molecule has 7 heteroatoms. The number of aromatic nitrogens is 2. The van der Waals surface area contributed by atoms with Crippen molar-refractivity contribution in [3.8, 4) is 0 Å². The first-order chi connectivity index (χ1) is 12.1. The summed E-state index contributed by atoms with van der Waals surface area (Å²) in [5.41, 5.74) is 1.82. The molecule has 0 saturated heterocycles. The van der Waals surface area contributed by atoms with Crippen LogP contribution >= 0.6 is 0 Å². The second-order valence-corrected chi connectivity index (χ2v) is 6.31. The number of nitrogens with zero attached hydrogens (tertiary/aromatic N) is 2. The zero-order valence-electron chi connectivity index (χ0n) is 15.2. The van der Waals surface area contributed by atoms with Crippen LogP contribution in [0.1, 0.15) is 46.6 Å². The fraction of sp³-hybridized carbons (Fsp3) is 0.421. The molecule has 0 aliphatic carbocycles. The molecule has 4 nitrogen and oxygen atoms in total. The van der Waals surface area contributed by atoms with Gasteiger partial charge in [0.1, 0.15) is 5.82 Å². The lowest BCUT2D eigenvalue weighted by molar-refractivity contribution is -0.138. The average Bonchev–Trinajstić information content (AvgIpc) is 2.57. The van der Waals surface area contributed by atoms with E-state index in [2.05, 4.69) is 15.3 Å². The Hall–Kier alpha value is -2.44. The van der Waals surface area contributed by atoms with Crippen LogP contribution in [0.15, 0.2) is 24.4 Å². The van der Waals surface area contributed by atoms with Crippen molar-refractivity contribution in [2.45, 2.75) is 45.7 Å². The highest BCUT2D eigenvalue weighted by atomic mass is 19.4. The van der Waals surface area contributed by atoms with E-state index in [1.807, 2.05) is 25.1 Å². The van der Waals surface area contributed by atoms with Crippen LogP contribution in [0.25, 0.3) is 0 Å². The molecule has 0 radical (unpaired) electrons. The van der Waals surface area contributed by atoms with E-state index in [-0.39, 0.29) is 23.9 Å². The molecule has 1 aromatic heterocycles. The first-order valence-electron chi connectivity index (χ1n) is 8.34. The van der Waals surface area contributed by atoms with Gasteiger partial charge in [-0.3, -0.25) is 4.79 Å². The van der Waals surface area contributed by atoms with Crippen LogP contribution in [0.5, 0.6) is 0 Å². The largest absolute Gasteiger partial charge is 0.419 e. The van der Waals surface area contributed by atoms with E-state index in [0.717, 1.165) is 22.9 Å². The van der Waals surface area contributed by atoms with Gasteiger partial charge < -0.3 is 5.32 Å². The minimum Gasteiger partial charge on any atom is -0.359 e. The number of amides is 1. The number of alkyl halides is 3. The summed E-state index contributed by atoms with van der Waals surface area (Å²) in [5, 5.41) is 2.61. The molecule has 1 atom stereocenters. The van der Waals surface area contributed by atoms with E-state index < -0.39 is 11.7 Å². The van der Waals surface area contributed by atoms with E-state index >= 15 is 0 Å². The Balaban J connectivity index is 2.35. The van der Waals surface area contributed by atoms with Crippen molar-refractivity contribution < 1.29 is 18.0 Å². The van der Waals surface area contributed by atoms with Crippen LogP contribution in [-0.4, -0.2) is 22.9 Å². The van der Waals surface area contributed by atoms with E-state index in [4.69, 9.17) is 0 Å². The van der Waals surface area contributed by atoms with Gasteiger partial charge in [-0.2, -0.15) is 13.2 Å². The number of hydrogen-bond donors (Lipinski definition) is 1. The minimum absolute atomic E-state index is 0.0231. The third kappa shape index (κ3) is 4.59. The number of carbonyl (C=O) groups is 1. The normalized spacial score (nSPS) is 12.7. The Morgan fingerprint density at radius 1 is 1.23 bits per heavy atom. The molecule has 140 valence electrons. The summed E-state index contributed by atoms with van der Waals surface area (Å²) in [5.74, 6) is -0.218. The lowest BCUT2D eigenvalue weighted by Gasteiger charge is -2.17. The molecule has 2 rings (SSSR count). The van der Waals surface area contributed by atoms with Crippen LogP contribution in [0.2, 0.25) is 0 Å². The van der Waals surface area contributed by atoms with Gasteiger partial charge in [0.05, 0.1) is 17.2 Å². The molecule has 0 saturated carbocycles. The number of carbonyl (C=O) groups excluding carboxylic acids is 1. The molecule has 1 N–H and O–H groups in total. The van der Waals surface area contributed by atoms with Crippen LogP contribution in [0, 0.1) is 13.8 Å². The molecule has 0 aliphatic heterocycles. The van der Waals surface area contributed by atoms with Crippen molar-refractivity contribution >= 4 is 5.91 Å². The fourth-order valence-electron chi connectivity index (χ4n) is 2.93. The van der Waals surface area contributed by atoms with Gasteiger partial charge in [-0.05, 0) is 44.7 Å². The lowest BCUT2D eigenvalue weighted by Crippen LogP contribution is -2.24. The number of aryl methyl sites for hydroxylation is 4. The molecular weight excluding hydrogens is 343 g/mol. The topological polar surface area (TPSA) is 54.9 Å². The molecule has 1 heterocycles. The van der Waals surface area contributed by atoms with Crippen LogP contribution in [-0.2, 0) is 23.8 Å². The highest BCUT2D eigenvalue weighted by molar-refractivity contribution is 5.83. The Kier molecular flexibility index (Phi) is 6.00. The zero-order chi connectivity index (χ0) is 19.5. The summed E-state index contributed by atoms with van der Waals surface area (Å²) >= 11 is 0. The molecule has 1 aromatic carbocycles. The van der Waals surface area contributed by atoms with Gasteiger partial charge in [0.2, 0.25) is 5.91 Å². The van der Waals surface area contributed by atoms with E-state index in [9.17, 15) is 18.0 Å². The van der Waals surface area contributed by atoms with Crippen molar-refractivity contribution in [3.05, 3.63) is 58.2 Å². The zero-order valence-corrected chi connectivity index (χ0v) is 15.2. The molecular formula is C19H22F3N3O. The molecule has 26 heavy (non-hydrogen) atoms.